The molecule has 2 atom stereocenters. The van der Waals surface area contributed by atoms with Crippen molar-refractivity contribution in [2.24, 2.45) is 5.73 Å². The predicted molar refractivity (Wildman–Crippen MR) is 60.3 cm³/mol. The zero-order valence-corrected chi connectivity index (χ0v) is 10.3. The van der Waals surface area contributed by atoms with Gasteiger partial charge in [0.15, 0.2) is 0 Å². The number of unbranched alkanes of at least 4 members (excludes halogenated alkanes) is 1. The molecule has 0 aromatic rings. The molecule has 2 N–H and O–H groups in total. The highest BCUT2D eigenvalue weighted by molar-refractivity contribution is 4.82. The summed E-state index contributed by atoms with van der Waals surface area (Å²) in [6.45, 7) is 5.79. The first-order valence-electron chi connectivity index (χ1n) is 5.90. The van der Waals surface area contributed by atoms with E-state index in [9.17, 15) is 13.2 Å². The van der Waals surface area contributed by atoms with E-state index in [1.165, 1.54) is 4.90 Å². The Labute approximate surface area is 96.0 Å². The molecule has 0 fully saturated rings. The molecular formula is C11H23F3N2. The molecule has 0 amide bonds. The maximum atomic E-state index is 12.8. The van der Waals surface area contributed by atoms with E-state index in [1.807, 2.05) is 20.8 Å². The van der Waals surface area contributed by atoms with Gasteiger partial charge in [0.25, 0.3) is 0 Å². The van der Waals surface area contributed by atoms with Gasteiger partial charge >= 0.3 is 6.18 Å². The Kier molecular flexibility index (Phi) is 6.99. The smallest absolute Gasteiger partial charge is 0.329 e. The normalized spacial score (nSPS) is 16.5. The highest BCUT2D eigenvalue weighted by Crippen LogP contribution is 2.26. The fourth-order valence-corrected chi connectivity index (χ4v) is 1.72. The van der Waals surface area contributed by atoms with Crippen molar-refractivity contribution in [3.8, 4) is 0 Å². The first kappa shape index (κ1) is 15.7. The molecule has 0 aliphatic carbocycles. The molecule has 0 aliphatic rings. The van der Waals surface area contributed by atoms with Crippen LogP contribution in [0.15, 0.2) is 0 Å². The van der Waals surface area contributed by atoms with Gasteiger partial charge in [-0.05, 0) is 26.3 Å². The molecule has 0 heterocycles. The number of nitrogens with two attached hydrogens (primary N) is 1. The van der Waals surface area contributed by atoms with Crippen LogP contribution in [0.5, 0.6) is 0 Å². The summed E-state index contributed by atoms with van der Waals surface area (Å²) in [7, 11) is 0. The lowest BCUT2D eigenvalue weighted by Gasteiger charge is -2.36. The summed E-state index contributed by atoms with van der Waals surface area (Å²) >= 11 is 0. The van der Waals surface area contributed by atoms with E-state index >= 15 is 0 Å². The lowest BCUT2D eigenvalue weighted by molar-refractivity contribution is -0.186. The summed E-state index contributed by atoms with van der Waals surface area (Å²) in [5.74, 6) is 0. The Morgan fingerprint density at radius 2 is 1.81 bits per heavy atom. The van der Waals surface area contributed by atoms with Crippen molar-refractivity contribution in [1.82, 2.24) is 4.90 Å². The van der Waals surface area contributed by atoms with Crippen molar-refractivity contribution in [2.45, 2.75) is 58.3 Å². The van der Waals surface area contributed by atoms with Crippen LogP contribution >= 0.6 is 0 Å². The van der Waals surface area contributed by atoms with E-state index in [4.69, 9.17) is 5.73 Å². The van der Waals surface area contributed by atoms with Crippen molar-refractivity contribution in [3.63, 3.8) is 0 Å². The Morgan fingerprint density at radius 1 is 1.25 bits per heavy atom. The van der Waals surface area contributed by atoms with Crippen LogP contribution in [0.3, 0.4) is 0 Å². The van der Waals surface area contributed by atoms with Crippen LogP contribution < -0.4 is 5.73 Å². The van der Waals surface area contributed by atoms with Crippen LogP contribution in [0, 0.1) is 0 Å². The van der Waals surface area contributed by atoms with E-state index < -0.39 is 12.2 Å². The Bertz CT molecular complexity index is 183. The van der Waals surface area contributed by atoms with E-state index in [0.717, 1.165) is 12.8 Å². The minimum atomic E-state index is -4.23. The van der Waals surface area contributed by atoms with Gasteiger partial charge in [-0.2, -0.15) is 13.2 Å². The third kappa shape index (κ3) is 4.70. The number of hydrogen-bond acceptors (Lipinski definition) is 2. The van der Waals surface area contributed by atoms with Crippen molar-refractivity contribution < 1.29 is 13.2 Å². The molecule has 0 saturated heterocycles. The first-order chi connectivity index (χ1) is 7.38. The molecule has 0 rings (SSSR count). The maximum Gasteiger partial charge on any atom is 0.405 e. The number of alkyl halides is 3. The SMILES string of the molecule is CCCCN(C(C)CC)C(CN)C(F)(F)F. The molecule has 0 spiro atoms. The molecule has 0 saturated carbocycles. The lowest BCUT2D eigenvalue weighted by atomic mass is 10.1. The number of rotatable bonds is 7. The highest BCUT2D eigenvalue weighted by atomic mass is 19.4. The zero-order chi connectivity index (χ0) is 12.8. The topological polar surface area (TPSA) is 29.3 Å². The summed E-state index contributed by atoms with van der Waals surface area (Å²) in [5, 5.41) is 0. The van der Waals surface area contributed by atoms with Gasteiger partial charge in [0.05, 0.1) is 0 Å². The van der Waals surface area contributed by atoms with Crippen LogP contribution in [-0.2, 0) is 0 Å². The summed E-state index contributed by atoms with van der Waals surface area (Å²) < 4.78 is 38.3. The number of nitrogens with zero attached hydrogens (tertiary/aromatic N) is 1. The van der Waals surface area contributed by atoms with Gasteiger partial charge in [0.2, 0.25) is 0 Å². The molecule has 98 valence electrons. The summed E-state index contributed by atoms with van der Waals surface area (Å²) in [6.07, 6.45) is -1.86. The van der Waals surface area contributed by atoms with E-state index in [-0.39, 0.29) is 12.6 Å². The second-order valence-corrected chi connectivity index (χ2v) is 4.14. The molecule has 0 radical (unpaired) electrons. The standard InChI is InChI=1S/C11H23F3N2/c1-4-6-7-16(9(3)5-2)10(8-15)11(12,13)14/h9-10H,4-8,15H2,1-3H3. The Morgan fingerprint density at radius 3 is 2.12 bits per heavy atom. The third-order valence-electron chi connectivity index (χ3n) is 2.93. The third-order valence-corrected chi connectivity index (χ3v) is 2.93. The molecule has 0 aliphatic heterocycles. The lowest BCUT2D eigenvalue weighted by Crippen LogP contribution is -2.53. The minimum Gasteiger partial charge on any atom is -0.329 e. The van der Waals surface area contributed by atoms with Gasteiger partial charge in [0, 0.05) is 12.6 Å². The summed E-state index contributed by atoms with van der Waals surface area (Å²) in [4.78, 5) is 1.49. The monoisotopic (exact) mass is 240 g/mol. The zero-order valence-electron chi connectivity index (χ0n) is 10.3. The van der Waals surface area contributed by atoms with Gasteiger partial charge in [-0.25, -0.2) is 0 Å². The highest BCUT2D eigenvalue weighted by Gasteiger charge is 2.43. The van der Waals surface area contributed by atoms with Crippen molar-refractivity contribution >= 4 is 0 Å². The second-order valence-electron chi connectivity index (χ2n) is 4.14. The molecule has 0 aromatic heterocycles. The van der Waals surface area contributed by atoms with E-state index in [1.54, 1.807) is 0 Å². The second kappa shape index (κ2) is 7.12. The predicted octanol–water partition coefficient (Wildman–Crippen LogP) is 2.78. The van der Waals surface area contributed by atoms with Crippen LogP contribution in [0.4, 0.5) is 13.2 Å². The van der Waals surface area contributed by atoms with Crippen LogP contribution in [0.2, 0.25) is 0 Å². The van der Waals surface area contributed by atoms with Crippen LogP contribution in [0.1, 0.15) is 40.0 Å². The number of halogens is 3. The van der Waals surface area contributed by atoms with Crippen molar-refractivity contribution in [1.29, 1.82) is 0 Å². The molecule has 2 unspecified atom stereocenters. The summed E-state index contributed by atoms with van der Waals surface area (Å²) in [5.41, 5.74) is 5.26. The van der Waals surface area contributed by atoms with E-state index in [2.05, 4.69) is 0 Å². The molecular weight excluding hydrogens is 217 g/mol. The molecule has 16 heavy (non-hydrogen) atoms. The molecule has 5 heteroatoms. The maximum absolute atomic E-state index is 12.8. The van der Waals surface area contributed by atoms with E-state index in [0.29, 0.717) is 13.0 Å². The average Bonchev–Trinajstić information content (AvgIpc) is 2.21. The van der Waals surface area contributed by atoms with Gasteiger partial charge in [-0.1, -0.05) is 20.3 Å². The first-order valence-corrected chi connectivity index (χ1v) is 5.90. The molecule has 0 bridgehead atoms. The summed E-state index contributed by atoms with van der Waals surface area (Å²) in [6, 6.07) is -1.59. The Balaban J connectivity index is 4.69. The largest absolute Gasteiger partial charge is 0.405 e. The fourth-order valence-electron chi connectivity index (χ4n) is 1.72. The van der Waals surface area contributed by atoms with Gasteiger partial charge in [-0.3, -0.25) is 4.90 Å². The van der Waals surface area contributed by atoms with Crippen molar-refractivity contribution in [3.05, 3.63) is 0 Å². The molecule has 0 aromatic carbocycles. The quantitative estimate of drug-likeness (QED) is 0.741. The van der Waals surface area contributed by atoms with Crippen LogP contribution in [-0.4, -0.2) is 36.2 Å². The van der Waals surface area contributed by atoms with Crippen LogP contribution in [0.25, 0.3) is 0 Å². The molecule has 2 nitrogen and oxygen atoms in total. The fraction of sp³-hybridized carbons (Fsp3) is 1.00. The van der Waals surface area contributed by atoms with Gasteiger partial charge < -0.3 is 5.73 Å². The number of hydrogen-bond donors (Lipinski definition) is 1. The van der Waals surface area contributed by atoms with Gasteiger partial charge in [-0.15, -0.1) is 0 Å². The minimum absolute atomic E-state index is 0.0817. The van der Waals surface area contributed by atoms with Crippen molar-refractivity contribution in [2.75, 3.05) is 13.1 Å². The van der Waals surface area contributed by atoms with Gasteiger partial charge in [0.1, 0.15) is 6.04 Å². The Hall–Kier alpha value is -0.290. The average molecular weight is 240 g/mol.